The van der Waals surface area contributed by atoms with E-state index in [-0.39, 0.29) is 5.69 Å². The highest BCUT2D eigenvalue weighted by atomic mass is 16.6. The zero-order valence-corrected chi connectivity index (χ0v) is 21.2. The Bertz CT molecular complexity index is 1420. The first kappa shape index (κ1) is 25.4. The van der Waals surface area contributed by atoms with Gasteiger partial charge in [-0.1, -0.05) is 36.4 Å². The summed E-state index contributed by atoms with van der Waals surface area (Å²) in [4.78, 5) is 20.6. The minimum atomic E-state index is -0.541. The number of nitrogens with zero attached hydrogens (tertiary/aromatic N) is 5. The van der Waals surface area contributed by atoms with Crippen LogP contribution in [0.15, 0.2) is 67.0 Å². The topological polar surface area (TPSA) is 115 Å². The van der Waals surface area contributed by atoms with Crippen LogP contribution < -0.4 is 10.1 Å². The van der Waals surface area contributed by atoms with E-state index in [0.29, 0.717) is 35.9 Å². The molecule has 188 valence electrons. The van der Waals surface area contributed by atoms with E-state index in [1.54, 1.807) is 30.2 Å². The van der Waals surface area contributed by atoms with E-state index >= 15 is 0 Å². The van der Waals surface area contributed by atoms with Crippen molar-refractivity contribution in [2.45, 2.75) is 32.8 Å². The second kappa shape index (κ2) is 10.9. The van der Waals surface area contributed by atoms with Gasteiger partial charge in [0.15, 0.2) is 0 Å². The van der Waals surface area contributed by atoms with Crippen molar-refractivity contribution in [2.75, 3.05) is 6.54 Å². The van der Waals surface area contributed by atoms with Crippen LogP contribution in [0.3, 0.4) is 0 Å². The van der Waals surface area contributed by atoms with Crippen LogP contribution in [0, 0.1) is 11.3 Å². The zero-order valence-electron chi connectivity index (χ0n) is 21.2. The highest BCUT2D eigenvalue weighted by Crippen LogP contribution is 2.34. The number of carbonyl (C=O) groups is 1. The lowest BCUT2D eigenvalue weighted by Crippen LogP contribution is -2.33. The van der Waals surface area contributed by atoms with Crippen molar-refractivity contribution in [1.29, 1.82) is 5.26 Å². The van der Waals surface area contributed by atoms with Gasteiger partial charge in [-0.25, -0.2) is 14.5 Å². The summed E-state index contributed by atoms with van der Waals surface area (Å²) in [5.41, 5.74) is 3.66. The largest absolute Gasteiger partial charge is 0.444 e. The van der Waals surface area contributed by atoms with Gasteiger partial charge in [0.1, 0.15) is 23.1 Å². The van der Waals surface area contributed by atoms with Crippen LogP contribution in [0.4, 0.5) is 4.79 Å². The second-order valence-corrected chi connectivity index (χ2v) is 9.37. The predicted octanol–water partition coefficient (Wildman–Crippen LogP) is 5.28. The van der Waals surface area contributed by atoms with Gasteiger partial charge in [-0.15, -0.1) is 0 Å². The summed E-state index contributed by atoms with van der Waals surface area (Å²) in [6.45, 7) is 5.89. The van der Waals surface area contributed by atoms with Crippen molar-refractivity contribution in [3.8, 4) is 40.2 Å². The van der Waals surface area contributed by atoms with E-state index < -0.39 is 11.7 Å². The molecule has 4 rings (SSSR count). The van der Waals surface area contributed by atoms with Gasteiger partial charge in [0.05, 0.1) is 17.0 Å². The van der Waals surface area contributed by atoms with Gasteiger partial charge in [0.25, 0.3) is 0 Å². The Morgan fingerprint density at radius 3 is 2.51 bits per heavy atom. The molecule has 0 bridgehead atoms. The quantitative estimate of drug-likeness (QED) is 0.370. The molecular formula is C28H28N6O3. The lowest BCUT2D eigenvalue weighted by atomic mass is 10.1. The average molecular weight is 497 g/mol. The Kier molecular flexibility index (Phi) is 7.49. The second-order valence-electron chi connectivity index (χ2n) is 9.37. The first-order valence-electron chi connectivity index (χ1n) is 11.8. The number of rotatable bonds is 7. The zero-order chi connectivity index (χ0) is 26.4. The van der Waals surface area contributed by atoms with E-state index in [9.17, 15) is 10.1 Å². The van der Waals surface area contributed by atoms with Crippen LogP contribution in [-0.4, -0.2) is 38.0 Å². The Labute approximate surface area is 215 Å². The van der Waals surface area contributed by atoms with Crippen molar-refractivity contribution in [3.63, 3.8) is 0 Å². The number of aromatic nitrogens is 4. The summed E-state index contributed by atoms with van der Waals surface area (Å²) < 4.78 is 13.1. The maximum atomic E-state index is 11.8. The van der Waals surface area contributed by atoms with Crippen LogP contribution in [0.2, 0.25) is 0 Å². The van der Waals surface area contributed by atoms with Crippen molar-refractivity contribution >= 4 is 6.09 Å². The molecule has 9 nitrogen and oxygen atoms in total. The smallest absolute Gasteiger partial charge is 0.407 e. The fourth-order valence-electron chi connectivity index (χ4n) is 3.54. The third kappa shape index (κ3) is 6.70. The molecule has 1 amide bonds. The third-order valence-electron chi connectivity index (χ3n) is 5.28. The van der Waals surface area contributed by atoms with Gasteiger partial charge in [0.2, 0.25) is 5.88 Å². The van der Waals surface area contributed by atoms with Gasteiger partial charge in [-0.3, -0.25) is 4.98 Å². The first-order valence-corrected chi connectivity index (χ1v) is 11.8. The number of nitriles is 1. The van der Waals surface area contributed by atoms with Gasteiger partial charge >= 0.3 is 6.09 Å². The summed E-state index contributed by atoms with van der Waals surface area (Å²) in [6, 6.07) is 19.1. The highest BCUT2D eigenvalue weighted by molar-refractivity contribution is 5.68. The van der Waals surface area contributed by atoms with Gasteiger partial charge in [-0.05, 0) is 38.8 Å². The van der Waals surface area contributed by atoms with Crippen LogP contribution in [0.25, 0.3) is 22.5 Å². The molecule has 9 heteroatoms. The number of carbonyl (C=O) groups excluding carboxylic acids is 1. The molecule has 0 aliphatic heterocycles. The van der Waals surface area contributed by atoms with E-state index in [1.165, 1.54) is 0 Å². The van der Waals surface area contributed by atoms with Gasteiger partial charge in [-0.2, -0.15) is 10.4 Å². The number of benzene rings is 1. The molecule has 0 atom stereocenters. The van der Waals surface area contributed by atoms with E-state index in [4.69, 9.17) is 9.47 Å². The van der Waals surface area contributed by atoms with Crippen molar-refractivity contribution < 1.29 is 14.3 Å². The molecule has 0 radical (unpaired) electrons. The maximum Gasteiger partial charge on any atom is 0.407 e. The van der Waals surface area contributed by atoms with Crippen molar-refractivity contribution in [1.82, 2.24) is 25.1 Å². The average Bonchev–Trinajstić information content (AvgIpc) is 3.24. The molecule has 0 unspecified atom stereocenters. The normalized spacial score (nSPS) is 11.0. The van der Waals surface area contributed by atoms with E-state index in [2.05, 4.69) is 26.5 Å². The highest BCUT2D eigenvalue weighted by Gasteiger charge is 2.17. The summed E-state index contributed by atoms with van der Waals surface area (Å²) in [5.74, 6) is 0.959. The summed E-state index contributed by atoms with van der Waals surface area (Å²) in [5, 5.41) is 16.7. The summed E-state index contributed by atoms with van der Waals surface area (Å²) in [6.07, 6.45) is 3.46. The molecule has 0 spiro atoms. The number of pyridine rings is 2. The molecule has 3 aromatic heterocycles. The summed E-state index contributed by atoms with van der Waals surface area (Å²) >= 11 is 0. The van der Waals surface area contributed by atoms with Crippen LogP contribution in [0.1, 0.15) is 32.0 Å². The third-order valence-corrected chi connectivity index (χ3v) is 5.28. The van der Waals surface area contributed by atoms with Crippen LogP contribution in [0.5, 0.6) is 11.6 Å². The Hall–Kier alpha value is -4.71. The van der Waals surface area contributed by atoms with E-state index in [0.717, 1.165) is 16.8 Å². The SMILES string of the molecule is Cn1nc(-c2ccccc2)cc1Oc1cc(C#N)ncc1-c1ccc(CCNC(=O)OC(C)(C)C)cn1. The van der Waals surface area contributed by atoms with Gasteiger partial charge < -0.3 is 14.8 Å². The molecule has 0 fully saturated rings. The minimum absolute atomic E-state index is 0.231. The molecule has 0 saturated carbocycles. The lowest BCUT2D eigenvalue weighted by Gasteiger charge is -2.19. The number of ether oxygens (including phenoxy) is 2. The predicted molar refractivity (Wildman–Crippen MR) is 139 cm³/mol. The molecular weight excluding hydrogens is 468 g/mol. The molecule has 0 aliphatic rings. The number of hydrogen-bond acceptors (Lipinski definition) is 7. The fourth-order valence-corrected chi connectivity index (χ4v) is 3.54. The molecule has 37 heavy (non-hydrogen) atoms. The molecule has 0 aliphatic carbocycles. The maximum absolute atomic E-state index is 11.8. The number of aryl methyl sites for hydroxylation is 1. The van der Waals surface area contributed by atoms with Gasteiger partial charge in [0, 0.05) is 43.7 Å². The van der Waals surface area contributed by atoms with Crippen molar-refractivity contribution in [2.24, 2.45) is 7.05 Å². The Balaban J connectivity index is 1.51. The molecule has 3 heterocycles. The van der Waals surface area contributed by atoms with Crippen LogP contribution >= 0.6 is 0 Å². The molecule has 4 aromatic rings. The number of amides is 1. The van der Waals surface area contributed by atoms with E-state index in [1.807, 2.05) is 69.3 Å². The van der Waals surface area contributed by atoms with Crippen molar-refractivity contribution in [3.05, 3.63) is 78.2 Å². The summed E-state index contributed by atoms with van der Waals surface area (Å²) in [7, 11) is 1.80. The van der Waals surface area contributed by atoms with Crippen LogP contribution in [-0.2, 0) is 18.2 Å². The Morgan fingerprint density at radius 1 is 1.05 bits per heavy atom. The standard InChI is InChI=1S/C28H28N6O3/c1-28(2,3)37-27(35)30-13-12-19-10-11-23(32-17-19)22-18-31-21(16-29)14-25(22)36-26-15-24(33-34(26)4)20-8-6-5-7-9-20/h5-11,14-15,17-18H,12-13H2,1-4H3,(H,30,35). The number of nitrogens with one attached hydrogen (secondary N) is 1. The number of hydrogen-bond donors (Lipinski definition) is 1. The minimum Gasteiger partial charge on any atom is -0.444 e. The first-order chi connectivity index (χ1) is 17.7. The molecule has 0 saturated heterocycles. The molecule has 1 aromatic carbocycles. The number of alkyl carbamates (subject to hydrolysis) is 1. The fraction of sp³-hybridized carbons (Fsp3) is 0.250. The Morgan fingerprint density at radius 2 is 1.84 bits per heavy atom. The monoisotopic (exact) mass is 496 g/mol. The molecule has 1 N–H and O–H groups in total. The lowest BCUT2D eigenvalue weighted by molar-refractivity contribution is 0.0528.